The first-order valence-electron chi connectivity index (χ1n) is 9.45. The SMILES string of the molecule is N#CC1=C(N)Oc2n[nH]c(-c3ccc(Br)cc3)c2C12C(=O)N(CC(=O)O)c1ccccc12. The summed E-state index contributed by atoms with van der Waals surface area (Å²) in [5, 5.41) is 26.6. The number of fused-ring (bicyclic) bond motifs is 4. The van der Waals surface area contributed by atoms with Crippen LogP contribution in [0, 0.1) is 11.3 Å². The van der Waals surface area contributed by atoms with Gasteiger partial charge in [-0.2, -0.15) is 5.26 Å². The molecule has 0 saturated carbocycles. The molecular formula is C22H14BrN5O4. The second-order valence-electron chi connectivity index (χ2n) is 7.29. The van der Waals surface area contributed by atoms with Crippen LogP contribution in [0.1, 0.15) is 11.1 Å². The number of nitrogens with zero attached hydrogens (tertiary/aromatic N) is 3. The number of carboxylic acid groups (broad SMARTS) is 1. The molecule has 2 aliphatic rings. The van der Waals surface area contributed by atoms with E-state index in [-0.39, 0.29) is 17.3 Å². The zero-order chi connectivity index (χ0) is 22.6. The molecule has 158 valence electrons. The number of carbonyl (C=O) groups is 2. The Kier molecular flexibility index (Phi) is 4.32. The highest BCUT2D eigenvalue weighted by molar-refractivity contribution is 9.10. The number of aliphatic carboxylic acids is 1. The van der Waals surface area contributed by atoms with Crippen LogP contribution in [0.2, 0.25) is 0 Å². The minimum absolute atomic E-state index is 0.0553. The number of halogens is 1. The summed E-state index contributed by atoms with van der Waals surface area (Å²) in [7, 11) is 0. The van der Waals surface area contributed by atoms with Crippen LogP contribution in [0.15, 0.2) is 64.5 Å². The monoisotopic (exact) mass is 491 g/mol. The first-order valence-corrected chi connectivity index (χ1v) is 10.2. The molecule has 0 fully saturated rings. The quantitative estimate of drug-likeness (QED) is 0.510. The summed E-state index contributed by atoms with van der Waals surface area (Å²) >= 11 is 3.40. The average Bonchev–Trinajstić information content (AvgIpc) is 3.29. The lowest BCUT2D eigenvalue weighted by molar-refractivity contribution is -0.136. The van der Waals surface area contributed by atoms with Crippen molar-refractivity contribution in [2.45, 2.75) is 5.41 Å². The average molecular weight is 492 g/mol. The Morgan fingerprint density at radius 3 is 2.69 bits per heavy atom. The van der Waals surface area contributed by atoms with E-state index in [2.05, 4.69) is 26.1 Å². The third-order valence-corrected chi connectivity index (χ3v) is 6.17. The second kappa shape index (κ2) is 6.96. The number of anilines is 1. The molecule has 2 aromatic carbocycles. The largest absolute Gasteiger partial charge is 0.480 e. The molecule has 3 heterocycles. The Balaban J connectivity index is 1.87. The van der Waals surface area contributed by atoms with Gasteiger partial charge in [-0.15, -0.1) is 5.10 Å². The van der Waals surface area contributed by atoms with E-state index in [1.54, 1.807) is 24.3 Å². The van der Waals surface area contributed by atoms with Crippen molar-refractivity contribution in [3.05, 3.63) is 75.6 Å². The molecule has 10 heteroatoms. The van der Waals surface area contributed by atoms with Gasteiger partial charge in [-0.1, -0.05) is 46.3 Å². The summed E-state index contributed by atoms with van der Waals surface area (Å²) in [5.74, 6) is -1.99. The molecule has 9 nitrogen and oxygen atoms in total. The molecule has 1 unspecified atom stereocenters. The Morgan fingerprint density at radius 2 is 2.00 bits per heavy atom. The molecular weight excluding hydrogens is 478 g/mol. The number of nitrogens with one attached hydrogen (secondary N) is 1. The van der Waals surface area contributed by atoms with Crippen LogP contribution < -0.4 is 15.4 Å². The molecule has 0 saturated heterocycles. The van der Waals surface area contributed by atoms with Gasteiger partial charge in [0.2, 0.25) is 17.7 Å². The molecule has 1 amide bonds. The van der Waals surface area contributed by atoms with E-state index in [9.17, 15) is 20.0 Å². The molecule has 3 aromatic rings. The first kappa shape index (κ1) is 19.8. The van der Waals surface area contributed by atoms with Crippen molar-refractivity contribution in [2.24, 2.45) is 5.73 Å². The van der Waals surface area contributed by atoms with Crippen LogP contribution in [0.25, 0.3) is 11.3 Å². The number of hydrogen-bond donors (Lipinski definition) is 3. The van der Waals surface area contributed by atoms with Gasteiger partial charge >= 0.3 is 5.97 Å². The van der Waals surface area contributed by atoms with Crippen molar-refractivity contribution in [3.63, 3.8) is 0 Å². The highest BCUT2D eigenvalue weighted by Crippen LogP contribution is 2.56. The molecule has 0 radical (unpaired) electrons. The van der Waals surface area contributed by atoms with E-state index in [1.165, 1.54) is 0 Å². The fraction of sp³-hybridized carbons (Fsp3) is 0.0909. The van der Waals surface area contributed by atoms with Gasteiger partial charge in [-0.25, -0.2) is 0 Å². The van der Waals surface area contributed by atoms with Crippen LogP contribution in [0.4, 0.5) is 5.69 Å². The van der Waals surface area contributed by atoms with Gasteiger partial charge in [-0.05, 0) is 18.2 Å². The van der Waals surface area contributed by atoms with Gasteiger partial charge in [-0.3, -0.25) is 19.6 Å². The third kappa shape index (κ3) is 2.52. The van der Waals surface area contributed by atoms with Crippen LogP contribution in [0.3, 0.4) is 0 Å². The van der Waals surface area contributed by atoms with Crippen LogP contribution in [-0.4, -0.2) is 33.7 Å². The smallest absolute Gasteiger partial charge is 0.323 e. The molecule has 1 spiro atoms. The molecule has 1 aromatic heterocycles. The fourth-order valence-corrected chi connectivity index (χ4v) is 4.67. The van der Waals surface area contributed by atoms with E-state index in [4.69, 9.17) is 10.5 Å². The Labute approximate surface area is 189 Å². The highest BCUT2D eigenvalue weighted by Gasteiger charge is 2.61. The van der Waals surface area contributed by atoms with Gasteiger partial charge in [0.25, 0.3) is 0 Å². The number of hydrogen-bond acceptors (Lipinski definition) is 6. The number of aromatic nitrogens is 2. The van der Waals surface area contributed by atoms with E-state index in [1.807, 2.05) is 30.3 Å². The Morgan fingerprint density at radius 1 is 1.28 bits per heavy atom. The molecule has 0 bridgehead atoms. The second-order valence-corrected chi connectivity index (χ2v) is 8.21. The van der Waals surface area contributed by atoms with Crippen LogP contribution in [0.5, 0.6) is 5.88 Å². The normalized spacial score (nSPS) is 18.9. The third-order valence-electron chi connectivity index (χ3n) is 5.64. The van der Waals surface area contributed by atoms with Gasteiger partial charge in [0.1, 0.15) is 23.6 Å². The number of ether oxygens (including phenoxy) is 1. The number of rotatable bonds is 3. The first-order chi connectivity index (χ1) is 15.4. The van der Waals surface area contributed by atoms with Crippen LogP contribution >= 0.6 is 15.9 Å². The molecule has 1 atom stereocenters. The maximum Gasteiger partial charge on any atom is 0.323 e. The van der Waals surface area contributed by atoms with Crippen LogP contribution in [-0.2, 0) is 15.0 Å². The zero-order valence-corrected chi connectivity index (χ0v) is 17.9. The standard InChI is InChI=1S/C22H14BrN5O4/c23-12-7-5-11(6-8-12)18-17-20(27-26-18)32-19(25)14(9-24)22(17)13-3-1-2-4-15(13)28(21(22)31)10-16(29)30/h1-8H,10,25H2,(H,26,27)(H,29,30). The number of nitriles is 1. The van der Waals surface area contributed by atoms with E-state index in [0.29, 0.717) is 28.1 Å². The summed E-state index contributed by atoms with van der Waals surface area (Å²) in [5.41, 5.74) is 6.57. The van der Waals surface area contributed by atoms with Crippen molar-refractivity contribution < 1.29 is 19.4 Å². The lowest BCUT2D eigenvalue weighted by atomic mass is 9.68. The summed E-state index contributed by atoms with van der Waals surface area (Å²) in [6.45, 7) is -0.572. The van der Waals surface area contributed by atoms with E-state index in [0.717, 1.165) is 9.37 Å². The zero-order valence-electron chi connectivity index (χ0n) is 16.3. The van der Waals surface area contributed by atoms with Crippen molar-refractivity contribution in [2.75, 3.05) is 11.4 Å². The summed E-state index contributed by atoms with van der Waals surface area (Å²) in [6, 6.07) is 16.1. The van der Waals surface area contributed by atoms with Gasteiger partial charge < -0.3 is 15.6 Å². The molecule has 32 heavy (non-hydrogen) atoms. The number of nitrogens with two attached hydrogens (primary N) is 1. The maximum absolute atomic E-state index is 14.0. The Bertz CT molecular complexity index is 1370. The molecule has 4 N–H and O–H groups in total. The number of carbonyl (C=O) groups excluding carboxylic acids is 1. The highest BCUT2D eigenvalue weighted by atomic mass is 79.9. The topological polar surface area (TPSA) is 145 Å². The minimum atomic E-state index is -1.70. The lowest BCUT2D eigenvalue weighted by Crippen LogP contribution is -2.47. The van der Waals surface area contributed by atoms with E-state index < -0.39 is 23.8 Å². The molecule has 5 rings (SSSR count). The number of amides is 1. The predicted octanol–water partition coefficient (Wildman–Crippen LogP) is 2.64. The predicted molar refractivity (Wildman–Crippen MR) is 116 cm³/mol. The van der Waals surface area contributed by atoms with Gasteiger partial charge in [0.15, 0.2) is 0 Å². The number of H-pyrrole nitrogens is 1. The fourth-order valence-electron chi connectivity index (χ4n) is 4.41. The minimum Gasteiger partial charge on any atom is -0.480 e. The summed E-state index contributed by atoms with van der Waals surface area (Å²) in [6.07, 6.45) is 0. The van der Waals surface area contributed by atoms with Crippen molar-refractivity contribution in [1.29, 1.82) is 5.26 Å². The van der Waals surface area contributed by atoms with E-state index >= 15 is 0 Å². The maximum atomic E-state index is 14.0. The number of aromatic amines is 1. The molecule has 0 aliphatic carbocycles. The Hall–Kier alpha value is -4.10. The molecule has 2 aliphatic heterocycles. The van der Waals surface area contributed by atoms with Crippen molar-refractivity contribution in [1.82, 2.24) is 10.2 Å². The number of carboxylic acids is 1. The number of para-hydroxylation sites is 1. The summed E-state index contributed by atoms with van der Waals surface area (Å²) < 4.78 is 6.48. The van der Waals surface area contributed by atoms with Crippen molar-refractivity contribution >= 4 is 33.5 Å². The van der Waals surface area contributed by atoms with Gasteiger partial charge in [0, 0.05) is 21.3 Å². The number of benzene rings is 2. The van der Waals surface area contributed by atoms with Crippen molar-refractivity contribution in [3.8, 4) is 23.2 Å². The van der Waals surface area contributed by atoms with Gasteiger partial charge in [0.05, 0.1) is 11.3 Å². The lowest BCUT2D eigenvalue weighted by Gasteiger charge is -2.32. The summed E-state index contributed by atoms with van der Waals surface area (Å²) in [4.78, 5) is 26.7.